The summed E-state index contributed by atoms with van der Waals surface area (Å²) >= 11 is 11.4. The molecule has 1 aromatic heterocycles. The van der Waals surface area contributed by atoms with Gasteiger partial charge in [0.05, 0.1) is 9.50 Å². The Morgan fingerprint density at radius 2 is 2.14 bits per heavy atom. The number of rotatable bonds is 2. The second kappa shape index (κ2) is 8.01. The van der Waals surface area contributed by atoms with Crippen LogP contribution >= 0.6 is 57.9 Å². The van der Waals surface area contributed by atoms with Crippen molar-refractivity contribution in [2.24, 2.45) is 0 Å². The molecule has 80 valence electrons. The van der Waals surface area contributed by atoms with Gasteiger partial charge in [0, 0.05) is 42.1 Å². The predicted molar refractivity (Wildman–Crippen MR) is 78.3 cm³/mol. The first-order chi connectivity index (χ1) is 6.66. The average molecular weight is 410 g/mol. The van der Waals surface area contributed by atoms with E-state index in [2.05, 4.69) is 46.8 Å². The Morgan fingerprint density at radius 3 is 2.64 bits per heavy atom. The molecule has 0 aromatic carbocycles. The zero-order valence-corrected chi connectivity index (χ0v) is 13.4. The highest BCUT2D eigenvalue weighted by Gasteiger charge is 2.06. The minimum atomic E-state index is 0.706. The number of anilines is 1. The summed E-state index contributed by atoms with van der Waals surface area (Å²) in [4.78, 5) is 4.16. The lowest BCUT2D eigenvalue weighted by Gasteiger charge is -2.06. The molecule has 0 fully saturated rings. The van der Waals surface area contributed by atoms with E-state index in [1.165, 1.54) is 9.12 Å². The first kappa shape index (κ1) is 14.8. The van der Waals surface area contributed by atoms with E-state index < -0.39 is 0 Å². The van der Waals surface area contributed by atoms with E-state index in [0.717, 1.165) is 15.9 Å². The highest BCUT2D eigenvalue weighted by molar-refractivity contribution is 14.2. The molecular weight excluding hydrogens is 398 g/mol. The third-order valence-electron chi connectivity index (χ3n) is 1.34. The minimum Gasteiger partial charge on any atom is -0.305 e. The van der Waals surface area contributed by atoms with Gasteiger partial charge in [-0.25, -0.2) is 4.98 Å². The van der Waals surface area contributed by atoms with Crippen LogP contribution < -0.4 is 4.72 Å². The maximum absolute atomic E-state index is 5.98. The maximum Gasteiger partial charge on any atom is 0.140 e. The van der Waals surface area contributed by atoms with Gasteiger partial charge in [-0.1, -0.05) is 25.4 Å². The second-order valence-electron chi connectivity index (χ2n) is 2.07. The van der Waals surface area contributed by atoms with E-state index in [4.69, 9.17) is 11.6 Å². The van der Waals surface area contributed by atoms with Crippen molar-refractivity contribution in [1.29, 1.82) is 0 Å². The van der Waals surface area contributed by atoms with Crippen molar-refractivity contribution in [2.75, 3.05) is 4.72 Å². The third-order valence-corrected chi connectivity index (χ3v) is 3.58. The van der Waals surface area contributed by atoms with Gasteiger partial charge in [-0.2, -0.15) is 0 Å². The van der Waals surface area contributed by atoms with Crippen LogP contribution in [0.15, 0.2) is 10.7 Å². The lowest BCUT2D eigenvalue weighted by molar-refractivity contribution is 1.26. The molecule has 6 heteroatoms. The predicted octanol–water partition coefficient (Wildman–Crippen LogP) is 5.24. The molecule has 1 N–H and O–H groups in total. The molecule has 0 spiro atoms. The summed E-state index contributed by atoms with van der Waals surface area (Å²) in [5, 5.41) is 0.706. The van der Waals surface area contributed by atoms with Crippen LogP contribution in [0, 0.1) is 6.92 Å². The Kier molecular flexibility index (Phi) is 8.47. The first-order valence-corrected chi connectivity index (χ1v) is 8.54. The molecule has 0 saturated carbocycles. The van der Waals surface area contributed by atoms with Crippen molar-refractivity contribution < 1.29 is 0 Å². The van der Waals surface area contributed by atoms with Gasteiger partial charge < -0.3 is 4.72 Å². The lowest BCUT2D eigenvalue weighted by Crippen LogP contribution is -1.92. The zero-order valence-electron chi connectivity index (χ0n) is 8.07. The van der Waals surface area contributed by atoms with Gasteiger partial charge in [0.2, 0.25) is 0 Å². The van der Waals surface area contributed by atoms with Gasteiger partial charge in [0.15, 0.2) is 0 Å². The van der Waals surface area contributed by atoms with Crippen molar-refractivity contribution in [3.05, 3.63) is 21.3 Å². The Labute approximate surface area is 114 Å². The second-order valence-corrected chi connectivity index (χ2v) is 4.98. The van der Waals surface area contributed by atoms with E-state index in [0.29, 0.717) is 5.02 Å². The topological polar surface area (TPSA) is 24.9 Å². The van der Waals surface area contributed by atoms with Crippen LogP contribution in [0.3, 0.4) is 0 Å². The lowest BCUT2D eigenvalue weighted by atomic mass is 10.3. The molecule has 0 saturated heterocycles. The van der Waals surface area contributed by atoms with Crippen molar-refractivity contribution in [3.63, 3.8) is 0 Å². The fraction of sp³-hybridized carbons (Fsp3) is 0.375. The molecule has 0 aliphatic rings. The SMILES string of the molecule is CC.Cc1c(NSI)ncc(Br)c1Cl. The largest absolute Gasteiger partial charge is 0.305 e. The van der Waals surface area contributed by atoms with Gasteiger partial charge >= 0.3 is 0 Å². The Balaban J connectivity index is 0.000000791. The smallest absolute Gasteiger partial charge is 0.140 e. The molecule has 0 radical (unpaired) electrons. The molecule has 2 nitrogen and oxygen atoms in total. The monoisotopic (exact) mass is 408 g/mol. The number of hydrogen-bond donors (Lipinski definition) is 1. The van der Waals surface area contributed by atoms with Crippen LogP contribution in [0.1, 0.15) is 19.4 Å². The Bertz CT molecular complexity index is 299. The fourth-order valence-corrected chi connectivity index (χ4v) is 2.14. The molecule has 0 bridgehead atoms. The van der Waals surface area contributed by atoms with Crippen LogP contribution in [0.25, 0.3) is 0 Å². The van der Waals surface area contributed by atoms with E-state index in [1.54, 1.807) is 6.20 Å². The molecule has 0 aliphatic heterocycles. The van der Waals surface area contributed by atoms with E-state index in [-0.39, 0.29) is 0 Å². The number of halogens is 3. The van der Waals surface area contributed by atoms with Gasteiger partial charge in [-0.3, -0.25) is 0 Å². The highest BCUT2D eigenvalue weighted by atomic mass is 127. The molecule has 1 aromatic rings. The average Bonchev–Trinajstić information content (AvgIpc) is 2.22. The van der Waals surface area contributed by atoms with Gasteiger partial charge in [-0.15, -0.1) is 0 Å². The molecule has 0 unspecified atom stereocenters. The van der Waals surface area contributed by atoms with Crippen LogP contribution in [0.4, 0.5) is 5.82 Å². The summed E-state index contributed by atoms with van der Waals surface area (Å²) in [7, 11) is 1.47. The van der Waals surface area contributed by atoms with Crippen molar-refractivity contribution in [1.82, 2.24) is 4.98 Å². The van der Waals surface area contributed by atoms with Crippen LogP contribution in [0.5, 0.6) is 0 Å². The van der Waals surface area contributed by atoms with E-state index >= 15 is 0 Å². The standard InChI is InChI=1S/C6H5BrClIN2S.C2H6/c1-3-5(8)4(7)2-10-6(3)11-12-9;1-2/h2H,1H3,(H,10,11);1-2H3. The molecular formula is C8H11BrClIN2S. The van der Waals surface area contributed by atoms with Crippen molar-refractivity contribution >= 4 is 63.7 Å². The summed E-state index contributed by atoms with van der Waals surface area (Å²) in [6.45, 7) is 5.93. The number of nitrogens with zero attached hydrogens (tertiary/aromatic N) is 1. The molecule has 1 rings (SSSR count). The normalized spacial score (nSPS) is 9.00. The highest BCUT2D eigenvalue weighted by Crippen LogP contribution is 2.30. The van der Waals surface area contributed by atoms with Crippen LogP contribution in [-0.2, 0) is 0 Å². The number of aromatic nitrogens is 1. The summed E-state index contributed by atoms with van der Waals surface area (Å²) < 4.78 is 3.86. The van der Waals surface area contributed by atoms with Crippen molar-refractivity contribution in [2.45, 2.75) is 20.8 Å². The van der Waals surface area contributed by atoms with Gasteiger partial charge in [0.1, 0.15) is 5.82 Å². The van der Waals surface area contributed by atoms with Gasteiger partial charge in [0.25, 0.3) is 0 Å². The quantitative estimate of drug-likeness (QED) is 0.534. The molecule has 0 aliphatic carbocycles. The number of nitrogens with one attached hydrogen (secondary N) is 1. The van der Waals surface area contributed by atoms with Crippen LogP contribution in [0.2, 0.25) is 5.02 Å². The minimum absolute atomic E-state index is 0.706. The number of hydrogen-bond acceptors (Lipinski definition) is 3. The summed E-state index contributed by atoms with van der Waals surface area (Å²) in [5.41, 5.74) is 0.954. The fourth-order valence-electron chi connectivity index (χ4n) is 0.697. The zero-order chi connectivity index (χ0) is 11.1. The Hall–Kier alpha value is 0.800. The van der Waals surface area contributed by atoms with Crippen molar-refractivity contribution in [3.8, 4) is 0 Å². The van der Waals surface area contributed by atoms with E-state index in [9.17, 15) is 0 Å². The van der Waals surface area contributed by atoms with E-state index in [1.807, 2.05) is 20.8 Å². The Morgan fingerprint density at radius 1 is 1.57 bits per heavy atom. The first-order valence-electron chi connectivity index (χ1n) is 4.01. The van der Waals surface area contributed by atoms with Crippen LogP contribution in [-0.4, -0.2) is 4.98 Å². The summed E-state index contributed by atoms with van der Waals surface area (Å²) in [6.07, 6.45) is 1.69. The van der Waals surface area contributed by atoms with Gasteiger partial charge in [-0.05, 0) is 22.9 Å². The third kappa shape index (κ3) is 4.12. The molecule has 0 atom stereocenters. The summed E-state index contributed by atoms with van der Waals surface area (Å²) in [5.74, 6) is 0.808. The molecule has 0 amide bonds. The summed E-state index contributed by atoms with van der Waals surface area (Å²) in [6, 6.07) is 0. The maximum atomic E-state index is 5.98. The molecule has 14 heavy (non-hydrogen) atoms. The number of pyridine rings is 1. The molecule has 1 heterocycles.